The van der Waals surface area contributed by atoms with Crippen molar-refractivity contribution in [2.75, 3.05) is 24.9 Å². The molecule has 1 aromatic heterocycles. The molecule has 10 heteroatoms. The van der Waals surface area contributed by atoms with Crippen molar-refractivity contribution in [3.05, 3.63) is 48.5 Å². The van der Waals surface area contributed by atoms with Crippen molar-refractivity contribution in [2.45, 2.75) is 26.3 Å². The molecular formula is C23H27N5O4S. The molecule has 2 aromatic carbocycles. The first-order valence-electron chi connectivity index (χ1n) is 10.4. The molecule has 0 aliphatic carbocycles. The Morgan fingerprint density at radius 1 is 1.03 bits per heavy atom. The molecule has 3 rings (SSSR count). The molecule has 0 aliphatic rings. The fraction of sp³-hybridized carbons (Fsp3) is 0.304. The Balaban J connectivity index is 1.69. The van der Waals surface area contributed by atoms with Crippen LogP contribution >= 0.6 is 11.3 Å². The third-order valence-corrected chi connectivity index (χ3v) is 6.00. The molecule has 174 valence electrons. The average molecular weight is 470 g/mol. The minimum atomic E-state index is -0.775. The molecule has 3 amide bonds. The molecule has 0 bridgehead atoms. The van der Waals surface area contributed by atoms with Crippen molar-refractivity contribution in [1.82, 2.24) is 15.5 Å². The van der Waals surface area contributed by atoms with Crippen molar-refractivity contribution in [3.8, 4) is 22.1 Å². The summed E-state index contributed by atoms with van der Waals surface area (Å²) in [6.45, 7) is 3.85. The Hall–Kier alpha value is -3.66. The lowest BCUT2D eigenvalue weighted by Crippen LogP contribution is -2.49. The molecular weight excluding hydrogens is 442 g/mol. The first kappa shape index (κ1) is 24.0. The first-order valence-corrected chi connectivity index (χ1v) is 11.3. The number of nitrogens with one attached hydrogen (secondary N) is 3. The summed E-state index contributed by atoms with van der Waals surface area (Å²) < 4.78 is 10.5. The maximum Gasteiger partial charge on any atom is 0.320 e. The van der Waals surface area contributed by atoms with E-state index in [4.69, 9.17) is 9.47 Å². The van der Waals surface area contributed by atoms with E-state index in [1.165, 1.54) is 18.4 Å². The van der Waals surface area contributed by atoms with Crippen molar-refractivity contribution >= 4 is 34.1 Å². The van der Waals surface area contributed by atoms with Gasteiger partial charge in [-0.1, -0.05) is 61.9 Å². The summed E-state index contributed by atoms with van der Waals surface area (Å²) >= 11 is 1.27. The van der Waals surface area contributed by atoms with Gasteiger partial charge in [0.25, 0.3) is 0 Å². The van der Waals surface area contributed by atoms with E-state index in [0.29, 0.717) is 33.7 Å². The number of aromatic nitrogens is 2. The number of methoxy groups -OCH3 is 2. The quantitative estimate of drug-likeness (QED) is 0.428. The highest BCUT2D eigenvalue weighted by Gasteiger charge is 2.27. The summed E-state index contributed by atoms with van der Waals surface area (Å²) in [5.74, 6) is 0.560. The molecule has 2 atom stereocenters. The zero-order valence-corrected chi connectivity index (χ0v) is 19.7. The molecule has 0 fully saturated rings. The third kappa shape index (κ3) is 6.19. The van der Waals surface area contributed by atoms with E-state index in [2.05, 4.69) is 26.1 Å². The van der Waals surface area contributed by atoms with E-state index in [0.717, 1.165) is 5.56 Å². The minimum absolute atomic E-state index is 0.116. The second-order valence-corrected chi connectivity index (χ2v) is 8.27. The predicted octanol–water partition coefficient (Wildman–Crippen LogP) is 4.40. The monoisotopic (exact) mass is 469 g/mol. The Bertz CT molecular complexity index is 1090. The van der Waals surface area contributed by atoms with Gasteiger partial charge >= 0.3 is 6.03 Å². The molecule has 0 radical (unpaired) electrons. The second-order valence-electron chi connectivity index (χ2n) is 7.30. The van der Waals surface area contributed by atoms with Gasteiger partial charge in [-0.05, 0) is 18.1 Å². The lowest BCUT2D eigenvalue weighted by Gasteiger charge is -2.23. The van der Waals surface area contributed by atoms with Crippen LogP contribution in [0.15, 0.2) is 48.5 Å². The van der Waals surface area contributed by atoms with Crippen LogP contribution in [-0.4, -0.2) is 42.4 Å². The molecule has 3 N–H and O–H groups in total. The highest BCUT2D eigenvalue weighted by molar-refractivity contribution is 7.18. The zero-order chi connectivity index (χ0) is 23.8. The van der Waals surface area contributed by atoms with Gasteiger partial charge < -0.3 is 20.1 Å². The van der Waals surface area contributed by atoms with Crippen molar-refractivity contribution in [1.29, 1.82) is 0 Å². The van der Waals surface area contributed by atoms with Crippen molar-refractivity contribution < 1.29 is 19.1 Å². The molecule has 1 heterocycles. The smallest absolute Gasteiger partial charge is 0.320 e. The van der Waals surface area contributed by atoms with Crippen LogP contribution in [0.1, 0.15) is 20.3 Å². The SMILES string of the molecule is CC[C@H](C)[C@H](NC(=O)Nc1ccc(OC)cc1OC)C(=O)Nc1nnc(-c2ccccc2)s1. The number of hydrogen-bond donors (Lipinski definition) is 3. The summed E-state index contributed by atoms with van der Waals surface area (Å²) in [5, 5.41) is 17.5. The third-order valence-electron chi connectivity index (χ3n) is 5.11. The fourth-order valence-corrected chi connectivity index (χ4v) is 3.81. The van der Waals surface area contributed by atoms with Gasteiger partial charge in [0.15, 0.2) is 0 Å². The summed E-state index contributed by atoms with van der Waals surface area (Å²) in [6, 6.07) is 13.3. The molecule has 0 saturated heterocycles. The molecule has 0 unspecified atom stereocenters. The van der Waals surface area contributed by atoms with Gasteiger partial charge in [0, 0.05) is 11.6 Å². The van der Waals surface area contributed by atoms with Crippen LogP contribution in [0.2, 0.25) is 0 Å². The molecule has 0 aliphatic heterocycles. The first-order chi connectivity index (χ1) is 15.9. The Kier molecular flexibility index (Phi) is 8.20. The molecule has 33 heavy (non-hydrogen) atoms. The predicted molar refractivity (Wildman–Crippen MR) is 129 cm³/mol. The van der Waals surface area contributed by atoms with Gasteiger partial charge in [-0.25, -0.2) is 4.79 Å². The van der Waals surface area contributed by atoms with Crippen LogP contribution in [0.3, 0.4) is 0 Å². The Labute approximate surface area is 196 Å². The number of nitrogens with zero attached hydrogens (tertiary/aromatic N) is 2. The highest BCUT2D eigenvalue weighted by Crippen LogP contribution is 2.29. The Morgan fingerprint density at radius 3 is 2.45 bits per heavy atom. The number of urea groups is 1. The number of amides is 3. The van der Waals surface area contributed by atoms with E-state index in [-0.39, 0.29) is 11.8 Å². The van der Waals surface area contributed by atoms with E-state index in [1.54, 1.807) is 25.3 Å². The van der Waals surface area contributed by atoms with Gasteiger partial charge in [0.05, 0.1) is 19.9 Å². The van der Waals surface area contributed by atoms with Crippen molar-refractivity contribution in [3.63, 3.8) is 0 Å². The van der Waals surface area contributed by atoms with Crippen LogP contribution in [-0.2, 0) is 4.79 Å². The van der Waals surface area contributed by atoms with Crippen molar-refractivity contribution in [2.24, 2.45) is 5.92 Å². The van der Waals surface area contributed by atoms with Crippen LogP contribution in [0.25, 0.3) is 10.6 Å². The number of carbonyl (C=O) groups excluding carboxylic acids is 2. The maximum absolute atomic E-state index is 13.0. The second kappa shape index (κ2) is 11.3. The Morgan fingerprint density at radius 2 is 1.79 bits per heavy atom. The summed E-state index contributed by atoms with van der Waals surface area (Å²) in [6.07, 6.45) is 0.690. The van der Waals surface area contributed by atoms with E-state index < -0.39 is 12.1 Å². The summed E-state index contributed by atoms with van der Waals surface area (Å²) in [7, 11) is 3.05. The van der Waals surface area contributed by atoms with Crippen LogP contribution < -0.4 is 25.4 Å². The number of anilines is 2. The van der Waals surface area contributed by atoms with Crippen LogP contribution in [0.5, 0.6) is 11.5 Å². The van der Waals surface area contributed by atoms with Crippen LogP contribution in [0, 0.1) is 5.92 Å². The summed E-state index contributed by atoms with van der Waals surface area (Å²) in [5.41, 5.74) is 1.37. The van der Waals surface area contributed by atoms with E-state index in [9.17, 15) is 9.59 Å². The van der Waals surface area contributed by atoms with Gasteiger partial charge in [-0.2, -0.15) is 0 Å². The number of hydrogen-bond acceptors (Lipinski definition) is 7. The topological polar surface area (TPSA) is 114 Å². The number of benzene rings is 2. The average Bonchev–Trinajstić information content (AvgIpc) is 3.31. The highest BCUT2D eigenvalue weighted by atomic mass is 32.1. The van der Waals surface area contributed by atoms with Gasteiger partial charge in [-0.3, -0.25) is 10.1 Å². The largest absolute Gasteiger partial charge is 0.497 e. The molecule has 0 spiro atoms. The number of ether oxygens (including phenoxy) is 2. The standard InChI is InChI=1S/C23H27N5O4S/c1-5-14(2)19(25-22(30)24-17-12-11-16(31-3)13-18(17)32-4)20(29)26-23-28-27-21(33-23)15-9-7-6-8-10-15/h6-14,19H,5H2,1-4H3,(H2,24,25,30)(H,26,28,29)/t14-,19-/m0/s1. The molecule has 3 aromatic rings. The lowest BCUT2D eigenvalue weighted by atomic mass is 9.98. The van der Waals surface area contributed by atoms with Gasteiger partial charge in [0.2, 0.25) is 11.0 Å². The van der Waals surface area contributed by atoms with E-state index in [1.807, 2.05) is 44.2 Å². The minimum Gasteiger partial charge on any atom is -0.497 e. The number of carbonyl (C=O) groups is 2. The van der Waals surface area contributed by atoms with Gasteiger partial charge in [-0.15, -0.1) is 10.2 Å². The molecule has 0 saturated carbocycles. The normalized spacial score (nSPS) is 12.4. The maximum atomic E-state index is 13.0. The fourth-order valence-electron chi connectivity index (χ4n) is 3.06. The number of rotatable bonds is 9. The van der Waals surface area contributed by atoms with Crippen LogP contribution in [0.4, 0.5) is 15.6 Å². The van der Waals surface area contributed by atoms with Gasteiger partial charge in [0.1, 0.15) is 22.5 Å². The van der Waals surface area contributed by atoms with E-state index >= 15 is 0 Å². The zero-order valence-electron chi connectivity index (χ0n) is 18.9. The molecule has 9 nitrogen and oxygen atoms in total. The lowest BCUT2D eigenvalue weighted by molar-refractivity contribution is -0.119. The summed E-state index contributed by atoms with van der Waals surface area (Å²) in [4.78, 5) is 25.7.